The Morgan fingerprint density at radius 1 is 1.27 bits per heavy atom. The summed E-state index contributed by atoms with van der Waals surface area (Å²) < 4.78 is 0. The smallest absolute Gasteiger partial charge is 0.0290 e. The molecule has 0 radical (unpaired) electrons. The molecule has 0 rings (SSSR count). The first-order valence-corrected chi connectivity index (χ1v) is 4.27. The molecule has 0 aliphatic carbocycles. The van der Waals surface area contributed by atoms with Crippen LogP contribution in [-0.2, 0) is 0 Å². The molecule has 0 aromatic rings. The van der Waals surface area contributed by atoms with Crippen molar-refractivity contribution >= 4 is 0 Å². The highest BCUT2D eigenvalue weighted by atomic mass is 14.9. The standard InChI is InChI=1S/C10H19N/c1-5-6-7-8-11-10(4)9(2)3/h11H,2,4-8H2,1,3H3. The van der Waals surface area contributed by atoms with Gasteiger partial charge in [-0.25, -0.2) is 0 Å². The predicted molar refractivity (Wildman–Crippen MR) is 51.5 cm³/mol. The van der Waals surface area contributed by atoms with E-state index in [0.29, 0.717) is 0 Å². The molecule has 0 aliphatic heterocycles. The third-order valence-electron chi connectivity index (χ3n) is 1.63. The van der Waals surface area contributed by atoms with E-state index in [9.17, 15) is 0 Å². The fourth-order valence-electron chi connectivity index (χ4n) is 0.765. The average Bonchev–Trinajstić information content (AvgIpc) is 1.97. The molecular weight excluding hydrogens is 134 g/mol. The first-order valence-electron chi connectivity index (χ1n) is 4.27. The van der Waals surface area contributed by atoms with Gasteiger partial charge in [-0.2, -0.15) is 0 Å². The summed E-state index contributed by atoms with van der Waals surface area (Å²) in [6, 6.07) is 0. The minimum absolute atomic E-state index is 0.973. The molecule has 0 bridgehead atoms. The van der Waals surface area contributed by atoms with Crippen LogP contribution >= 0.6 is 0 Å². The highest BCUT2D eigenvalue weighted by molar-refractivity contribution is 5.20. The quantitative estimate of drug-likeness (QED) is 0.457. The molecule has 0 aromatic carbocycles. The molecule has 1 N–H and O–H groups in total. The predicted octanol–water partition coefficient (Wildman–Crippen LogP) is 2.86. The number of rotatable bonds is 6. The van der Waals surface area contributed by atoms with Crippen molar-refractivity contribution in [2.24, 2.45) is 0 Å². The van der Waals surface area contributed by atoms with Crippen LogP contribution in [0.5, 0.6) is 0 Å². The molecule has 0 saturated carbocycles. The number of unbranched alkanes of at least 4 members (excludes halogenated alkanes) is 2. The van der Waals surface area contributed by atoms with Crippen LogP contribution in [0.3, 0.4) is 0 Å². The maximum absolute atomic E-state index is 3.84. The molecule has 64 valence electrons. The molecule has 0 saturated heterocycles. The second-order valence-electron chi connectivity index (χ2n) is 2.89. The van der Waals surface area contributed by atoms with Crippen molar-refractivity contribution in [3.63, 3.8) is 0 Å². The van der Waals surface area contributed by atoms with Gasteiger partial charge in [-0.3, -0.25) is 0 Å². The van der Waals surface area contributed by atoms with Gasteiger partial charge >= 0.3 is 0 Å². The molecule has 0 heterocycles. The molecule has 0 fully saturated rings. The van der Waals surface area contributed by atoms with Gasteiger partial charge < -0.3 is 5.32 Å². The topological polar surface area (TPSA) is 12.0 Å². The SMILES string of the molecule is C=C(C)C(=C)NCCCCC. The van der Waals surface area contributed by atoms with E-state index in [0.717, 1.165) is 17.8 Å². The Morgan fingerprint density at radius 3 is 2.36 bits per heavy atom. The molecule has 1 nitrogen and oxygen atoms in total. The molecule has 0 aromatic heterocycles. The van der Waals surface area contributed by atoms with Crippen LogP contribution in [0.4, 0.5) is 0 Å². The summed E-state index contributed by atoms with van der Waals surface area (Å²) in [6.07, 6.45) is 3.78. The van der Waals surface area contributed by atoms with Crippen LogP contribution in [-0.4, -0.2) is 6.54 Å². The first-order chi connectivity index (χ1) is 5.18. The third kappa shape index (κ3) is 5.71. The van der Waals surface area contributed by atoms with Crippen molar-refractivity contribution in [2.75, 3.05) is 6.54 Å². The summed E-state index contributed by atoms with van der Waals surface area (Å²) >= 11 is 0. The maximum atomic E-state index is 3.84. The molecule has 0 unspecified atom stereocenters. The van der Waals surface area contributed by atoms with Gasteiger partial charge in [0.05, 0.1) is 0 Å². The second-order valence-corrected chi connectivity index (χ2v) is 2.89. The van der Waals surface area contributed by atoms with E-state index in [4.69, 9.17) is 0 Å². The van der Waals surface area contributed by atoms with Crippen molar-refractivity contribution in [3.8, 4) is 0 Å². The summed E-state index contributed by atoms with van der Waals surface area (Å²) in [5, 5.41) is 3.22. The van der Waals surface area contributed by atoms with Crippen LogP contribution in [0.25, 0.3) is 0 Å². The van der Waals surface area contributed by atoms with Gasteiger partial charge in [0.1, 0.15) is 0 Å². The first kappa shape index (κ1) is 10.3. The van der Waals surface area contributed by atoms with E-state index in [1.807, 2.05) is 6.92 Å². The van der Waals surface area contributed by atoms with E-state index < -0.39 is 0 Å². The van der Waals surface area contributed by atoms with Crippen molar-refractivity contribution in [1.82, 2.24) is 5.32 Å². The van der Waals surface area contributed by atoms with Crippen molar-refractivity contribution in [1.29, 1.82) is 0 Å². The lowest BCUT2D eigenvalue weighted by molar-refractivity contribution is 0.671. The molecule has 11 heavy (non-hydrogen) atoms. The average molecular weight is 153 g/mol. The summed E-state index contributed by atoms with van der Waals surface area (Å²) in [5.41, 5.74) is 2.00. The Morgan fingerprint density at radius 2 is 1.91 bits per heavy atom. The fourth-order valence-corrected chi connectivity index (χ4v) is 0.765. The summed E-state index contributed by atoms with van der Waals surface area (Å²) in [7, 11) is 0. The number of hydrogen-bond acceptors (Lipinski definition) is 1. The Balaban J connectivity index is 3.25. The minimum atomic E-state index is 0.973. The van der Waals surface area contributed by atoms with Gasteiger partial charge in [-0.05, 0) is 18.9 Å². The van der Waals surface area contributed by atoms with E-state index in [1.165, 1.54) is 19.3 Å². The van der Waals surface area contributed by atoms with Crippen molar-refractivity contribution in [2.45, 2.75) is 33.1 Å². The Hall–Kier alpha value is -0.720. The molecular formula is C10H19N. The van der Waals surface area contributed by atoms with Gasteiger partial charge in [0.2, 0.25) is 0 Å². The zero-order valence-electron chi connectivity index (χ0n) is 7.74. The van der Waals surface area contributed by atoms with Crippen LogP contribution < -0.4 is 5.32 Å². The van der Waals surface area contributed by atoms with Crippen LogP contribution in [0.15, 0.2) is 24.4 Å². The van der Waals surface area contributed by atoms with Gasteiger partial charge in [0, 0.05) is 12.2 Å². The Labute approximate surface area is 70.2 Å². The van der Waals surface area contributed by atoms with Gasteiger partial charge in [-0.1, -0.05) is 32.9 Å². The normalized spacial score (nSPS) is 9.27. The third-order valence-corrected chi connectivity index (χ3v) is 1.63. The number of allylic oxidation sites excluding steroid dienone is 1. The van der Waals surface area contributed by atoms with Crippen LogP contribution in [0, 0.1) is 0 Å². The molecule has 1 heteroatoms. The molecule has 0 atom stereocenters. The zero-order valence-corrected chi connectivity index (χ0v) is 7.74. The largest absolute Gasteiger partial charge is 0.385 e. The lowest BCUT2D eigenvalue weighted by atomic mass is 10.2. The highest BCUT2D eigenvalue weighted by Crippen LogP contribution is 1.99. The Bertz CT molecular complexity index is 136. The molecule has 0 aliphatic rings. The lowest BCUT2D eigenvalue weighted by Crippen LogP contribution is -2.14. The van der Waals surface area contributed by atoms with E-state index in [1.54, 1.807) is 0 Å². The summed E-state index contributed by atoms with van der Waals surface area (Å²) in [6.45, 7) is 12.8. The van der Waals surface area contributed by atoms with Crippen LogP contribution in [0.2, 0.25) is 0 Å². The zero-order chi connectivity index (χ0) is 8.69. The van der Waals surface area contributed by atoms with E-state index in [2.05, 4.69) is 25.4 Å². The van der Waals surface area contributed by atoms with Crippen molar-refractivity contribution in [3.05, 3.63) is 24.4 Å². The fraction of sp³-hybridized carbons (Fsp3) is 0.600. The second kappa shape index (κ2) is 6.02. The number of hydrogen-bond donors (Lipinski definition) is 1. The van der Waals surface area contributed by atoms with Gasteiger partial charge in [-0.15, -0.1) is 0 Å². The summed E-state index contributed by atoms with van der Waals surface area (Å²) in [5.74, 6) is 0. The van der Waals surface area contributed by atoms with Crippen molar-refractivity contribution < 1.29 is 0 Å². The van der Waals surface area contributed by atoms with Crippen LogP contribution in [0.1, 0.15) is 33.1 Å². The monoisotopic (exact) mass is 153 g/mol. The van der Waals surface area contributed by atoms with E-state index >= 15 is 0 Å². The lowest BCUT2D eigenvalue weighted by Gasteiger charge is -2.07. The van der Waals surface area contributed by atoms with Gasteiger partial charge in [0.25, 0.3) is 0 Å². The highest BCUT2D eigenvalue weighted by Gasteiger charge is 1.91. The van der Waals surface area contributed by atoms with E-state index in [-0.39, 0.29) is 0 Å². The van der Waals surface area contributed by atoms with Gasteiger partial charge in [0.15, 0.2) is 0 Å². The molecule has 0 amide bonds. The molecule has 0 spiro atoms. The number of nitrogens with one attached hydrogen (secondary N) is 1. The maximum Gasteiger partial charge on any atom is 0.0290 e. The summed E-state index contributed by atoms with van der Waals surface area (Å²) in [4.78, 5) is 0. The minimum Gasteiger partial charge on any atom is -0.385 e. The Kier molecular flexibility index (Phi) is 5.63.